The molecule has 0 spiro atoms. The summed E-state index contributed by atoms with van der Waals surface area (Å²) >= 11 is 1.60. The maximum absolute atomic E-state index is 11.7. The number of ketones is 1. The molecule has 0 saturated heterocycles. The van der Waals surface area contributed by atoms with Crippen molar-refractivity contribution >= 4 is 17.5 Å². The van der Waals surface area contributed by atoms with Crippen molar-refractivity contribution < 1.29 is 4.79 Å². The number of aryl methyl sites for hydroxylation is 3. The van der Waals surface area contributed by atoms with E-state index in [2.05, 4.69) is 26.6 Å². The molecule has 1 aromatic carbocycles. The first-order valence-electron chi connectivity index (χ1n) is 8.14. The van der Waals surface area contributed by atoms with Gasteiger partial charge >= 0.3 is 0 Å². The number of aromatic amines is 1. The van der Waals surface area contributed by atoms with Crippen molar-refractivity contribution in [2.24, 2.45) is 0 Å². The number of rotatable bonds is 6. The van der Waals surface area contributed by atoms with Crippen LogP contribution in [0.15, 0.2) is 29.4 Å². The molecule has 0 aliphatic rings. The fourth-order valence-electron chi connectivity index (χ4n) is 3.03. The Morgan fingerprint density at radius 1 is 1.28 bits per heavy atom. The predicted octanol–water partition coefficient (Wildman–Crippen LogP) is 3.45. The summed E-state index contributed by atoms with van der Waals surface area (Å²) in [4.78, 5) is 15.1. The fourth-order valence-corrected chi connectivity index (χ4v) is 3.88. The number of tetrazole rings is 1. The lowest BCUT2D eigenvalue weighted by atomic mass is 10.1. The normalized spacial score (nSPS) is 11.0. The molecular formula is C18H21N5OS. The summed E-state index contributed by atoms with van der Waals surface area (Å²) in [6, 6.07) is 8.09. The number of nitrogens with zero attached hydrogens (tertiary/aromatic N) is 4. The number of hydrogen-bond donors (Lipinski definition) is 1. The first kappa shape index (κ1) is 17.4. The minimum atomic E-state index is 0.105. The minimum absolute atomic E-state index is 0.105. The second kappa shape index (κ2) is 7.23. The van der Waals surface area contributed by atoms with Gasteiger partial charge in [0.1, 0.15) is 0 Å². The molecule has 3 rings (SSSR count). The van der Waals surface area contributed by atoms with Gasteiger partial charge in [0.25, 0.3) is 0 Å². The van der Waals surface area contributed by atoms with Crippen LogP contribution in [0.2, 0.25) is 0 Å². The van der Waals surface area contributed by atoms with Crippen LogP contribution in [0, 0.1) is 20.8 Å². The van der Waals surface area contributed by atoms with Crippen LogP contribution in [0.4, 0.5) is 0 Å². The zero-order chi connectivity index (χ0) is 18.0. The molecule has 3 aromatic rings. The Morgan fingerprint density at radius 2 is 2.08 bits per heavy atom. The molecule has 6 nitrogen and oxygen atoms in total. The van der Waals surface area contributed by atoms with E-state index in [0.29, 0.717) is 0 Å². The van der Waals surface area contributed by atoms with Crippen LogP contribution < -0.4 is 0 Å². The minimum Gasteiger partial charge on any atom is -0.362 e. The van der Waals surface area contributed by atoms with Crippen LogP contribution in [-0.4, -0.2) is 36.7 Å². The standard InChI is InChI=1S/C18H21N5OS/c1-11-6-5-7-15(10-11)23-18(20-21-22-23)25-9-8-16-12(2)17(14(4)24)13(3)19-16/h5-7,10,19H,8-9H2,1-4H3. The van der Waals surface area contributed by atoms with E-state index in [1.54, 1.807) is 23.4 Å². The van der Waals surface area contributed by atoms with Gasteiger partial charge in [-0.2, -0.15) is 4.68 Å². The smallest absolute Gasteiger partial charge is 0.214 e. The molecule has 0 atom stereocenters. The van der Waals surface area contributed by atoms with Gasteiger partial charge in [-0.1, -0.05) is 23.9 Å². The van der Waals surface area contributed by atoms with Crippen molar-refractivity contribution in [1.82, 2.24) is 25.2 Å². The van der Waals surface area contributed by atoms with Crippen LogP contribution in [0.5, 0.6) is 0 Å². The Labute approximate surface area is 151 Å². The van der Waals surface area contributed by atoms with E-state index in [4.69, 9.17) is 0 Å². The van der Waals surface area contributed by atoms with Gasteiger partial charge in [0.2, 0.25) is 5.16 Å². The monoisotopic (exact) mass is 355 g/mol. The van der Waals surface area contributed by atoms with Crippen LogP contribution in [0.1, 0.15) is 39.8 Å². The quantitative estimate of drug-likeness (QED) is 0.541. The highest BCUT2D eigenvalue weighted by molar-refractivity contribution is 7.99. The molecule has 130 valence electrons. The summed E-state index contributed by atoms with van der Waals surface area (Å²) in [5.74, 6) is 0.929. The van der Waals surface area contributed by atoms with Crippen molar-refractivity contribution in [2.75, 3.05) is 5.75 Å². The Bertz CT molecular complexity index is 912. The maximum Gasteiger partial charge on any atom is 0.214 e. The fraction of sp³-hybridized carbons (Fsp3) is 0.333. The molecule has 7 heteroatoms. The molecule has 2 aromatic heterocycles. The Hall–Kier alpha value is -2.41. The van der Waals surface area contributed by atoms with E-state index in [9.17, 15) is 4.79 Å². The number of benzene rings is 1. The van der Waals surface area contributed by atoms with Crippen LogP contribution in [-0.2, 0) is 6.42 Å². The Morgan fingerprint density at radius 3 is 2.76 bits per heavy atom. The van der Waals surface area contributed by atoms with Crippen molar-refractivity contribution in [2.45, 2.75) is 39.3 Å². The van der Waals surface area contributed by atoms with Crippen LogP contribution >= 0.6 is 11.8 Å². The Balaban J connectivity index is 1.71. The molecule has 0 fully saturated rings. The van der Waals surface area contributed by atoms with Crippen molar-refractivity contribution in [3.63, 3.8) is 0 Å². The Kier molecular flexibility index (Phi) is 5.03. The first-order chi connectivity index (χ1) is 12.0. The average Bonchev–Trinajstić information content (AvgIpc) is 3.12. The lowest BCUT2D eigenvalue weighted by Gasteiger charge is -2.05. The third-order valence-corrected chi connectivity index (χ3v) is 5.08. The molecule has 1 N–H and O–H groups in total. The molecule has 0 aliphatic heterocycles. The molecule has 0 radical (unpaired) electrons. The van der Waals surface area contributed by atoms with Gasteiger partial charge in [-0.3, -0.25) is 4.79 Å². The summed E-state index contributed by atoms with van der Waals surface area (Å²) in [5, 5.41) is 12.8. The third-order valence-electron chi connectivity index (χ3n) is 4.16. The summed E-state index contributed by atoms with van der Waals surface area (Å²) in [5.41, 5.74) is 6.02. The molecule has 0 amide bonds. The highest BCUT2D eigenvalue weighted by Crippen LogP contribution is 2.23. The topological polar surface area (TPSA) is 76.5 Å². The van der Waals surface area contributed by atoms with Gasteiger partial charge in [0.05, 0.1) is 5.69 Å². The number of carbonyl (C=O) groups excluding carboxylic acids is 1. The van der Waals surface area contributed by atoms with Gasteiger partial charge < -0.3 is 4.98 Å². The van der Waals surface area contributed by atoms with Gasteiger partial charge in [0.15, 0.2) is 5.78 Å². The highest BCUT2D eigenvalue weighted by Gasteiger charge is 2.15. The summed E-state index contributed by atoms with van der Waals surface area (Å²) in [7, 11) is 0. The van der Waals surface area contributed by atoms with Crippen LogP contribution in [0.3, 0.4) is 0 Å². The molecule has 25 heavy (non-hydrogen) atoms. The van der Waals surface area contributed by atoms with E-state index in [-0.39, 0.29) is 5.78 Å². The number of nitrogens with one attached hydrogen (secondary N) is 1. The predicted molar refractivity (Wildman–Crippen MR) is 98.6 cm³/mol. The van der Waals surface area contributed by atoms with E-state index in [1.165, 1.54) is 0 Å². The first-order valence-corrected chi connectivity index (χ1v) is 9.13. The second-order valence-corrected chi connectivity index (χ2v) is 7.16. The number of aromatic nitrogens is 5. The van der Waals surface area contributed by atoms with Gasteiger partial charge in [-0.25, -0.2) is 0 Å². The largest absolute Gasteiger partial charge is 0.362 e. The molecule has 0 saturated carbocycles. The number of thioether (sulfide) groups is 1. The highest BCUT2D eigenvalue weighted by atomic mass is 32.2. The SMILES string of the molecule is CC(=O)c1c(C)[nH]c(CCSc2nnnn2-c2cccc(C)c2)c1C. The summed E-state index contributed by atoms with van der Waals surface area (Å²) < 4.78 is 1.76. The zero-order valence-corrected chi connectivity index (χ0v) is 15.6. The lowest BCUT2D eigenvalue weighted by molar-refractivity contribution is 0.101. The zero-order valence-electron chi connectivity index (χ0n) is 14.8. The van der Waals surface area contributed by atoms with Crippen LogP contribution in [0.25, 0.3) is 5.69 Å². The summed E-state index contributed by atoms with van der Waals surface area (Å²) in [6.07, 6.45) is 0.825. The number of hydrogen-bond acceptors (Lipinski definition) is 5. The molecule has 2 heterocycles. The maximum atomic E-state index is 11.7. The number of Topliss-reactive ketones (excluding diaryl/α,β-unsaturated/α-hetero) is 1. The molecule has 0 unspecified atom stereocenters. The average molecular weight is 355 g/mol. The van der Waals surface area contributed by atoms with Crippen molar-refractivity contribution in [1.29, 1.82) is 0 Å². The van der Waals surface area contributed by atoms with Gasteiger partial charge in [-0.05, 0) is 67.8 Å². The molecular weight excluding hydrogens is 334 g/mol. The van der Waals surface area contributed by atoms with Crippen molar-refractivity contribution in [3.05, 3.63) is 52.3 Å². The second-order valence-electron chi connectivity index (χ2n) is 6.10. The van der Waals surface area contributed by atoms with Gasteiger partial charge in [-0.15, -0.1) is 5.10 Å². The van der Waals surface area contributed by atoms with E-state index >= 15 is 0 Å². The van der Waals surface area contributed by atoms with Crippen molar-refractivity contribution in [3.8, 4) is 5.69 Å². The number of carbonyl (C=O) groups is 1. The molecule has 0 bridgehead atoms. The molecule has 0 aliphatic carbocycles. The number of H-pyrrole nitrogens is 1. The third kappa shape index (κ3) is 3.66. The lowest BCUT2D eigenvalue weighted by Crippen LogP contribution is -2.01. The van der Waals surface area contributed by atoms with E-state index in [1.807, 2.05) is 39.0 Å². The van der Waals surface area contributed by atoms with E-state index < -0.39 is 0 Å². The van der Waals surface area contributed by atoms with Gasteiger partial charge in [0, 0.05) is 22.7 Å². The summed E-state index contributed by atoms with van der Waals surface area (Å²) in [6.45, 7) is 7.59. The van der Waals surface area contributed by atoms with E-state index in [0.717, 1.165) is 51.1 Å².